The maximum atomic E-state index is 13.4. The molecular weight excluding hydrogens is 412 g/mol. The third kappa shape index (κ3) is 5.54. The van der Waals surface area contributed by atoms with Gasteiger partial charge in [0.15, 0.2) is 11.6 Å². The molecule has 1 aliphatic rings. The van der Waals surface area contributed by atoms with Gasteiger partial charge in [0.2, 0.25) is 15.9 Å². The maximum Gasteiger partial charge on any atom is 0.240 e. The number of hydrogen-bond donors (Lipinski definition) is 2. The first-order chi connectivity index (χ1) is 14.3. The molecule has 162 valence electrons. The number of aryl methyl sites for hydroxylation is 1. The molecule has 1 saturated heterocycles. The molecule has 0 bridgehead atoms. The van der Waals surface area contributed by atoms with Crippen LogP contribution in [0.5, 0.6) is 0 Å². The fourth-order valence-corrected chi connectivity index (χ4v) is 4.20. The van der Waals surface area contributed by atoms with Crippen molar-refractivity contribution < 1.29 is 22.0 Å². The third-order valence-corrected chi connectivity index (χ3v) is 6.72. The summed E-state index contributed by atoms with van der Waals surface area (Å²) in [6, 6.07) is 10.3. The molecule has 1 fully saturated rings. The van der Waals surface area contributed by atoms with Crippen LogP contribution in [0.2, 0.25) is 0 Å². The van der Waals surface area contributed by atoms with Crippen molar-refractivity contribution in [3.05, 3.63) is 59.7 Å². The van der Waals surface area contributed by atoms with Crippen LogP contribution in [0.4, 0.5) is 14.5 Å². The van der Waals surface area contributed by atoms with Crippen LogP contribution in [0.15, 0.2) is 47.4 Å². The summed E-state index contributed by atoms with van der Waals surface area (Å²) < 4.78 is 52.2. The van der Waals surface area contributed by atoms with Crippen LogP contribution in [0.25, 0.3) is 0 Å². The summed E-state index contributed by atoms with van der Waals surface area (Å²) in [6.07, 6.45) is 1.68. The van der Waals surface area contributed by atoms with E-state index < -0.39 is 21.7 Å². The van der Waals surface area contributed by atoms with Gasteiger partial charge in [-0.15, -0.1) is 0 Å². The smallest absolute Gasteiger partial charge is 0.240 e. The van der Waals surface area contributed by atoms with Gasteiger partial charge in [0.05, 0.1) is 4.90 Å². The Bertz CT molecular complexity index is 997. The highest BCUT2D eigenvalue weighted by Crippen LogP contribution is 2.25. The monoisotopic (exact) mass is 437 g/mol. The van der Waals surface area contributed by atoms with E-state index in [-0.39, 0.29) is 16.7 Å². The van der Waals surface area contributed by atoms with E-state index in [1.165, 1.54) is 25.2 Å². The molecule has 9 heteroatoms. The number of carbonyl (C=O) groups is 1. The number of amides is 1. The zero-order valence-electron chi connectivity index (χ0n) is 16.7. The van der Waals surface area contributed by atoms with Crippen molar-refractivity contribution in [2.24, 2.45) is 5.92 Å². The molecule has 1 amide bonds. The fraction of sp³-hybridized carbons (Fsp3) is 0.381. The first-order valence-corrected chi connectivity index (χ1v) is 11.3. The van der Waals surface area contributed by atoms with Crippen LogP contribution in [0.3, 0.4) is 0 Å². The number of nitrogens with zero attached hydrogens (tertiary/aromatic N) is 1. The number of benzene rings is 2. The molecule has 6 nitrogen and oxygen atoms in total. The summed E-state index contributed by atoms with van der Waals surface area (Å²) in [5, 5.41) is 2.93. The van der Waals surface area contributed by atoms with Crippen LogP contribution >= 0.6 is 0 Å². The van der Waals surface area contributed by atoms with Crippen LogP contribution < -0.4 is 14.9 Å². The molecule has 0 spiro atoms. The van der Waals surface area contributed by atoms with Gasteiger partial charge in [0.25, 0.3) is 0 Å². The van der Waals surface area contributed by atoms with Gasteiger partial charge in [-0.3, -0.25) is 4.79 Å². The van der Waals surface area contributed by atoms with E-state index in [9.17, 15) is 22.0 Å². The van der Waals surface area contributed by atoms with E-state index in [0.29, 0.717) is 31.6 Å². The summed E-state index contributed by atoms with van der Waals surface area (Å²) in [6.45, 7) is 1.93. The Hall–Kier alpha value is -2.52. The van der Waals surface area contributed by atoms with Gasteiger partial charge >= 0.3 is 0 Å². The minimum absolute atomic E-state index is 0.0757. The van der Waals surface area contributed by atoms with Crippen molar-refractivity contribution in [2.45, 2.75) is 24.2 Å². The lowest BCUT2D eigenvalue weighted by Gasteiger charge is -2.19. The number of halogens is 2. The van der Waals surface area contributed by atoms with Gasteiger partial charge in [-0.1, -0.05) is 12.1 Å². The van der Waals surface area contributed by atoms with E-state index >= 15 is 0 Å². The van der Waals surface area contributed by atoms with Crippen molar-refractivity contribution in [3.63, 3.8) is 0 Å². The SMILES string of the molecule is CNS(=O)(=O)c1ccc(CCC(=O)NCC2CCN(c3ccc(F)c(F)c3)C2)cc1. The van der Waals surface area contributed by atoms with Crippen molar-refractivity contribution in [1.82, 2.24) is 10.0 Å². The average molecular weight is 438 g/mol. The Kier molecular flexibility index (Phi) is 7.04. The van der Waals surface area contributed by atoms with Crippen LogP contribution in [-0.4, -0.2) is 41.0 Å². The number of rotatable bonds is 8. The van der Waals surface area contributed by atoms with Gasteiger partial charge in [-0.05, 0) is 55.6 Å². The van der Waals surface area contributed by atoms with E-state index in [2.05, 4.69) is 10.0 Å². The molecule has 2 aromatic rings. The second-order valence-electron chi connectivity index (χ2n) is 7.35. The number of anilines is 1. The number of hydrogen-bond acceptors (Lipinski definition) is 4. The molecule has 2 N–H and O–H groups in total. The van der Waals surface area contributed by atoms with E-state index in [0.717, 1.165) is 24.6 Å². The van der Waals surface area contributed by atoms with Crippen molar-refractivity contribution >= 4 is 21.6 Å². The summed E-state index contributed by atoms with van der Waals surface area (Å²) in [5.74, 6) is -1.55. The number of carbonyl (C=O) groups excluding carboxylic acids is 1. The summed E-state index contributed by atoms with van der Waals surface area (Å²) >= 11 is 0. The quantitative estimate of drug-likeness (QED) is 0.665. The normalized spacial score (nSPS) is 16.6. The van der Waals surface area contributed by atoms with Crippen LogP contribution in [-0.2, 0) is 21.2 Å². The van der Waals surface area contributed by atoms with E-state index in [4.69, 9.17) is 0 Å². The summed E-state index contributed by atoms with van der Waals surface area (Å²) in [7, 11) is -2.11. The molecule has 1 unspecified atom stereocenters. The zero-order valence-corrected chi connectivity index (χ0v) is 17.5. The first kappa shape index (κ1) is 22.2. The minimum atomic E-state index is -3.47. The molecule has 2 aromatic carbocycles. The third-order valence-electron chi connectivity index (χ3n) is 5.29. The molecule has 30 heavy (non-hydrogen) atoms. The molecule has 1 atom stereocenters. The van der Waals surface area contributed by atoms with E-state index in [1.807, 2.05) is 4.90 Å². The highest BCUT2D eigenvalue weighted by Gasteiger charge is 2.23. The predicted octanol–water partition coefficient (Wildman–Crippen LogP) is 2.45. The topological polar surface area (TPSA) is 78.5 Å². The van der Waals surface area contributed by atoms with Crippen LogP contribution in [0.1, 0.15) is 18.4 Å². The lowest BCUT2D eigenvalue weighted by Crippen LogP contribution is -2.31. The van der Waals surface area contributed by atoms with Gasteiger partial charge < -0.3 is 10.2 Å². The number of sulfonamides is 1. The highest BCUT2D eigenvalue weighted by atomic mass is 32.2. The van der Waals surface area contributed by atoms with E-state index in [1.54, 1.807) is 18.2 Å². The molecular formula is C21H25F2N3O3S. The first-order valence-electron chi connectivity index (χ1n) is 9.77. The van der Waals surface area contributed by atoms with Gasteiger partial charge in [0, 0.05) is 37.8 Å². The van der Waals surface area contributed by atoms with Gasteiger partial charge in [-0.25, -0.2) is 21.9 Å². The zero-order chi connectivity index (χ0) is 21.7. The number of nitrogens with one attached hydrogen (secondary N) is 2. The predicted molar refractivity (Wildman–Crippen MR) is 111 cm³/mol. The van der Waals surface area contributed by atoms with Crippen molar-refractivity contribution in [3.8, 4) is 0 Å². The largest absolute Gasteiger partial charge is 0.371 e. The Morgan fingerprint density at radius 1 is 1.13 bits per heavy atom. The maximum absolute atomic E-state index is 13.4. The fourth-order valence-electron chi connectivity index (χ4n) is 3.47. The Morgan fingerprint density at radius 2 is 1.87 bits per heavy atom. The van der Waals surface area contributed by atoms with Crippen molar-refractivity contribution in [2.75, 3.05) is 31.6 Å². The average Bonchev–Trinajstić information content (AvgIpc) is 3.22. The lowest BCUT2D eigenvalue weighted by molar-refractivity contribution is -0.121. The highest BCUT2D eigenvalue weighted by molar-refractivity contribution is 7.89. The standard InChI is InChI=1S/C21H25F2N3O3S/c1-24-30(28,29)18-6-2-15(3-7-18)4-9-21(27)25-13-16-10-11-26(14-16)17-5-8-19(22)20(23)12-17/h2-3,5-8,12,16,24H,4,9-11,13-14H2,1H3,(H,25,27). The molecule has 0 radical (unpaired) electrons. The van der Waals surface area contributed by atoms with Gasteiger partial charge in [0.1, 0.15) is 0 Å². The molecule has 0 aromatic heterocycles. The molecule has 3 rings (SSSR count). The molecule has 1 aliphatic heterocycles. The Balaban J connectivity index is 1.42. The van der Waals surface area contributed by atoms with Gasteiger partial charge in [-0.2, -0.15) is 0 Å². The lowest BCUT2D eigenvalue weighted by atomic mass is 10.1. The second kappa shape index (κ2) is 9.53. The van der Waals surface area contributed by atoms with Crippen molar-refractivity contribution in [1.29, 1.82) is 0 Å². The summed E-state index contributed by atoms with van der Waals surface area (Å²) in [5.41, 5.74) is 1.53. The second-order valence-corrected chi connectivity index (χ2v) is 9.24. The molecule has 1 heterocycles. The Morgan fingerprint density at radius 3 is 2.53 bits per heavy atom. The van der Waals surface area contributed by atoms with Crippen LogP contribution in [0, 0.1) is 17.6 Å². The Labute approximate surface area is 175 Å². The molecule has 0 aliphatic carbocycles. The minimum Gasteiger partial charge on any atom is -0.371 e. The summed E-state index contributed by atoms with van der Waals surface area (Å²) in [4.78, 5) is 14.3. The molecule has 0 saturated carbocycles.